The Morgan fingerprint density at radius 3 is 2.55 bits per heavy atom. The van der Waals surface area contributed by atoms with E-state index in [1.807, 2.05) is 18.2 Å². The quantitative estimate of drug-likeness (QED) is 0.263. The number of furan rings is 1. The van der Waals surface area contributed by atoms with Crippen LogP contribution < -0.4 is 10.6 Å². The molecule has 8 heteroatoms. The molecule has 1 aromatic heterocycles. The number of fused-ring (bicyclic) bond motifs is 1. The molecule has 0 bridgehead atoms. The van der Waals surface area contributed by atoms with Crippen molar-refractivity contribution in [2.24, 2.45) is 0 Å². The van der Waals surface area contributed by atoms with Crippen LogP contribution in [-0.4, -0.2) is 59.5 Å². The van der Waals surface area contributed by atoms with Gasteiger partial charge in [0, 0.05) is 51.3 Å². The van der Waals surface area contributed by atoms with Crippen LogP contribution in [0.1, 0.15) is 43.1 Å². The molecule has 0 saturated heterocycles. The summed E-state index contributed by atoms with van der Waals surface area (Å²) in [5, 5.41) is 33.0. The van der Waals surface area contributed by atoms with Crippen LogP contribution in [0.2, 0.25) is 0 Å². The summed E-state index contributed by atoms with van der Waals surface area (Å²) in [5.41, 5.74) is 2.10. The first-order chi connectivity index (χ1) is 15.0. The average molecular weight is 431 g/mol. The maximum absolute atomic E-state index is 12.4. The third-order valence-corrected chi connectivity index (χ3v) is 4.54. The van der Waals surface area contributed by atoms with E-state index in [2.05, 4.69) is 22.5 Å². The molecule has 31 heavy (non-hydrogen) atoms. The summed E-state index contributed by atoms with van der Waals surface area (Å²) in [7, 11) is 0. The maximum Gasteiger partial charge on any atom is 0.243 e. The molecule has 0 spiro atoms. The molecule has 2 rings (SSSR count). The summed E-state index contributed by atoms with van der Waals surface area (Å²) in [6.07, 6.45) is 2.54. The molecule has 0 unspecified atom stereocenters. The number of rotatable bonds is 11. The van der Waals surface area contributed by atoms with Crippen molar-refractivity contribution in [3.63, 3.8) is 0 Å². The van der Waals surface area contributed by atoms with E-state index in [4.69, 9.17) is 19.7 Å². The van der Waals surface area contributed by atoms with Gasteiger partial charge in [-0.25, -0.2) is 0 Å². The van der Waals surface area contributed by atoms with E-state index in [1.54, 1.807) is 0 Å². The Bertz CT molecular complexity index is 941. The summed E-state index contributed by atoms with van der Waals surface area (Å²) in [6.45, 7) is 1.39. The third-order valence-electron chi connectivity index (χ3n) is 4.54. The summed E-state index contributed by atoms with van der Waals surface area (Å²) in [5.74, 6) is 6.13. The fraction of sp³-hybridized carbons (Fsp3) is 0.478. The van der Waals surface area contributed by atoms with Crippen molar-refractivity contribution in [1.82, 2.24) is 10.6 Å². The van der Waals surface area contributed by atoms with Crippen molar-refractivity contribution in [2.45, 2.75) is 45.1 Å². The Hall–Kier alpha value is -2.86. The van der Waals surface area contributed by atoms with Gasteiger partial charge in [0.25, 0.3) is 0 Å². The van der Waals surface area contributed by atoms with E-state index in [0.717, 1.165) is 16.7 Å². The monoisotopic (exact) mass is 430 g/mol. The van der Waals surface area contributed by atoms with Gasteiger partial charge in [0.05, 0.1) is 12.2 Å². The number of carbonyl (C=O) groups is 2. The van der Waals surface area contributed by atoms with Crippen LogP contribution in [0.25, 0.3) is 11.0 Å². The Kier molecular flexibility index (Phi) is 10.0. The number of aryl methyl sites for hydroxylation is 1. The highest BCUT2D eigenvalue weighted by Gasteiger charge is 2.21. The first-order valence-corrected chi connectivity index (χ1v) is 10.4. The van der Waals surface area contributed by atoms with Crippen LogP contribution in [0.5, 0.6) is 0 Å². The maximum atomic E-state index is 12.4. The first kappa shape index (κ1) is 24.4. The molecule has 1 atom stereocenters. The molecule has 5 N–H and O–H groups in total. The van der Waals surface area contributed by atoms with Crippen molar-refractivity contribution in [3.05, 3.63) is 35.1 Å². The normalized spacial score (nSPS) is 11.6. The van der Waals surface area contributed by atoms with Gasteiger partial charge in [-0.05, 0) is 36.6 Å². The number of carbonyl (C=O) groups excluding carboxylic acids is 2. The zero-order valence-electron chi connectivity index (χ0n) is 17.7. The highest BCUT2D eigenvalue weighted by atomic mass is 16.3. The van der Waals surface area contributed by atoms with Crippen molar-refractivity contribution in [2.75, 3.05) is 26.4 Å². The summed E-state index contributed by atoms with van der Waals surface area (Å²) < 4.78 is 5.94. The van der Waals surface area contributed by atoms with E-state index in [-0.39, 0.29) is 44.6 Å². The molecule has 1 aromatic carbocycles. The molecule has 2 aromatic rings. The number of amides is 2. The van der Waals surface area contributed by atoms with Crippen molar-refractivity contribution in [3.8, 4) is 11.8 Å². The second-order valence-electron chi connectivity index (χ2n) is 7.20. The number of aliphatic hydroxyl groups excluding tert-OH is 3. The van der Waals surface area contributed by atoms with Crippen LogP contribution in [0.3, 0.4) is 0 Å². The molecule has 8 nitrogen and oxygen atoms in total. The molecule has 168 valence electrons. The number of benzene rings is 1. The standard InChI is InChI=1S/C23H30N2O6/c1-16(29)25-21(23(30)24-8-11-28)14-17-12-18(6-3-2-4-9-26)22-19(13-17)15-20(31-22)7-5-10-27/h12-13,15,21,26-28H,2,4-5,7-11,14H2,1H3,(H,24,30)(H,25,29)/t21-/m0/s1. The Morgan fingerprint density at radius 2 is 1.87 bits per heavy atom. The minimum Gasteiger partial charge on any atom is -0.460 e. The van der Waals surface area contributed by atoms with Crippen LogP contribution >= 0.6 is 0 Å². The molecule has 2 amide bonds. The minimum absolute atomic E-state index is 0.0669. The van der Waals surface area contributed by atoms with E-state index in [0.29, 0.717) is 36.8 Å². The molecule has 0 fully saturated rings. The molecule has 0 aliphatic carbocycles. The molecular weight excluding hydrogens is 400 g/mol. The van der Waals surface area contributed by atoms with Crippen molar-refractivity contribution >= 4 is 22.8 Å². The van der Waals surface area contributed by atoms with E-state index >= 15 is 0 Å². The topological polar surface area (TPSA) is 132 Å². The predicted molar refractivity (Wildman–Crippen MR) is 116 cm³/mol. The lowest BCUT2D eigenvalue weighted by atomic mass is 10.00. The minimum atomic E-state index is -0.794. The third kappa shape index (κ3) is 7.72. The van der Waals surface area contributed by atoms with Crippen LogP contribution in [-0.2, 0) is 22.4 Å². The number of hydrogen-bond acceptors (Lipinski definition) is 6. The smallest absolute Gasteiger partial charge is 0.243 e. The number of aliphatic hydroxyl groups is 3. The SMILES string of the molecule is CC(=O)N[C@@H](Cc1cc(C#CCCCO)c2oc(CCCO)cc2c1)C(=O)NCCO. The van der Waals surface area contributed by atoms with Gasteiger partial charge in [-0.15, -0.1) is 0 Å². The molecule has 0 aliphatic heterocycles. The largest absolute Gasteiger partial charge is 0.460 e. The van der Waals surface area contributed by atoms with Gasteiger partial charge >= 0.3 is 0 Å². The Labute approximate surface area is 181 Å². The van der Waals surface area contributed by atoms with Gasteiger partial charge in [-0.3, -0.25) is 9.59 Å². The number of hydrogen-bond donors (Lipinski definition) is 5. The highest BCUT2D eigenvalue weighted by Crippen LogP contribution is 2.26. The van der Waals surface area contributed by atoms with Gasteiger partial charge in [-0.2, -0.15) is 0 Å². The Morgan fingerprint density at radius 1 is 1.10 bits per heavy atom. The molecule has 0 radical (unpaired) electrons. The fourth-order valence-corrected chi connectivity index (χ4v) is 3.17. The lowest BCUT2D eigenvalue weighted by Crippen LogP contribution is -2.48. The van der Waals surface area contributed by atoms with Gasteiger partial charge in [-0.1, -0.05) is 11.8 Å². The van der Waals surface area contributed by atoms with Crippen LogP contribution in [0, 0.1) is 11.8 Å². The summed E-state index contributed by atoms with van der Waals surface area (Å²) in [6, 6.07) is 4.83. The lowest BCUT2D eigenvalue weighted by Gasteiger charge is -2.17. The van der Waals surface area contributed by atoms with Gasteiger partial charge < -0.3 is 30.4 Å². The zero-order valence-corrected chi connectivity index (χ0v) is 17.7. The van der Waals surface area contributed by atoms with E-state index < -0.39 is 6.04 Å². The number of nitrogens with one attached hydrogen (secondary N) is 2. The van der Waals surface area contributed by atoms with E-state index in [1.165, 1.54) is 6.92 Å². The van der Waals surface area contributed by atoms with Crippen LogP contribution in [0.4, 0.5) is 0 Å². The Balaban J connectivity index is 2.38. The molecule has 0 aliphatic rings. The molecular formula is C23H30N2O6. The fourth-order valence-electron chi connectivity index (χ4n) is 3.17. The van der Waals surface area contributed by atoms with E-state index in [9.17, 15) is 9.59 Å². The van der Waals surface area contributed by atoms with Gasteiger partial charge in [0.2, 0.25) is 11.8 Å². The van der Waals surface area contributed by atoms with Gasteiger partial charge in [0.1, 0.15) is 17.4 Å². The summed E-state index contributed by atoms with van der Waals surface area (Å²) in [4.78, 5) is 24.0. The van der Waals surface area contributed by atoms with Crippen molar-refractivity contribution in [1.29, 1.82) is 0 Å². The van der Waals surface area contributed by atoms with Crippen LogP contribution in [0.15, 0.2) is 22.6 Å². The molecule has 0 saturated carbocycles. The second-order valence-corrected chi connectivity index (χ2v) is 7.20. The zero-order chi connectivity index (χ0) is 22.6. The van der Waals surface area contributed by atoms with Gasteiger partial charge in [0.15, 0.2) is 0 Å². The average Bonchev–Trinajstić information content (AvgIpc) is 3.15. The highest BCUT2D eigenvalue weighted by molar-refractivity contribution is 5.88. The molecule has 1 heterocycles. The lowest BCUT2D eigenvalue weighted by molar-refractivity contribution is -0.128. The van der Waals surface area contributed by atoms with Crippen molar-refractivity contribution < 1.29 is 29.3 Å². The second kappa shape index (κ2) is 12.7. The predicted octanol–water partition coefficient (Wildman–Crippen LogP) is 0.637. The summed E-state index contributed by atoms with van der Waals surface area (Å²) >= 11 is 0. The number of unbranched alkanes of at least 4 members (excludes halogenated alkanes) is 1. The first-order valence-electron chi connectivity index (χ1n) is 10.4.